The molecule has 0 bridgehead atoms. The molecule has 0 saturated carbocycles. The molecule has 0 fully saturated rings. The maximum atomic E-state index is 13.3. The Labute approximate surface area is 233 Å². The first-order valence-electron chi connectivity index (χ1n) is 13.4. The molecule has 206 valence electrons. The fourth-order valence-electron chi connectivity index (χ4n) is 5.16. The van der Waals surface area contributed by atoms with Crippen molar-refractivity contribution in [2.45, 2.75) is 45.9 Å². The van der Waals surface area contributed by atoms with Crippen LogP contribution in [0.3, 0.4) is 0 Å². The van der Waals surface area contributed by atoms with E-state index in [-0.39, 0.29) is 11.6 Å². The molecule has 3 aromatic carbocycles. The summed E-state index contributed by atoms with van der Waals surface area (Å²) in [7, 11) is 3.32. The van der Waals surface area contributed by atoms with Crippen LogP contribution >= 0.6 is 0 Å². The number of nitrogens with zero attached hydrogens (tertiary/aromatic N) is 5. The Balaban J connectivity index is 1.53. The van der Waals surface area contributed by atoms with E-state index in [1.807, 2.05) is 84.4 Å². The van der Waals surface area contributed by atoms with Gasteiger partial charge in [0.15, 0.2) is 5.82 Å². The molecule has 5 rings (SSSR count). The number of nitrogens with one attached hydrogen (secondary N) is 1. The average molecular weight is 539 g/mol. The Kier molecular flexibility index (Phi) is 8.21. The van der Waals surface area contributed by atoms with Gasteiger partial charge in [0.2, 0.25) is 0 Å². The number of hydrogen-bond acceptors (Lipinski definition) is 7. The van der Waals surface area contributed by atoms with Crippen LogP contribution in [0, 0.1) is 6.92 Å². The van der Waals surface area contributed by atoms with Crippen molar-refractivity contribution in [2.24, 2.45) is 0 Å². The van der Waals surface area contributed by atoms with Crippen molar-refractivity contribution in [3.8, 4) is 11.5 Å². The number of hydrogen-bond donors (Lipinski definition) is 1. The minimum atomic E-state index is -0.161. The second-order valence-corrected chi connectivity index (χ2v) is 9.85. The molecule has 0 spiro atoms. The Morgan fingerprint density at radius 2 is 1.73 bits per heavy atom. The number of H-pyrrole nitrogens is 1. The topological polar surface area (TPSA) is 98.2 Å². The summed E-state index contributed by atoms with van der Waals surface area (Å²) in [5.74, 6) is 2.33. The van der Waals surface area contributed by atoms with Crippen LogP contribution < -0.4 is 15.0 Å². The largest absolute Gasteiger partial charge is 0.497 e. The van der Waals surface area contributed by atoms with Crippen molar-refractivity contribution >= 4 is 10.9 Å². The maximum Gasteiger partial charge on any atom is 0.252 e. The smallest absolute Gasteiger partial charge is 0.252 e. The molecular formula is C31H34N6O3. The van der Waals surface area contributed by atoms with Crippen molar-refractivity contribution in [1.82, 2.24) is 30.1 Å². The van der Waals surface area contributed by atoms with Gasteiger partial charge in [-0.05, 0) is 64.5 Å². The number of aromatic amines is 1. The second kappa shape index (κ2) is 12.1. The van der Waals surface area contributed by atoms with Crippen LogP contribution in [-0.4, -0.2) is 44.3 Å². The fourth-order valence-corrected chi connectivity index (χ4v) is 5.16. The van der Waals surface area contributed by atoms with Gasteiger partial charge >= 0.3 is 0 Å². The zero-order chi connectivity index (χ0) is 28.1. The first-order valence-corrected chi connectivity index (χ1v) is 13.4. The SMILES string of the molecule is CCC(c1nnnn1Cc1ccc(OC)cc1)N(Cc1ccccc1OC)Cc1cc2cccc(C)c2[nH]c1=O. The van der Waals surface area contributed by atoms with Crippen molar-refractivity contribution in [3.05, 3.63) is 111 Å². The molecule has 0 aliphatic rings. The van der Waals surface area contributed by atoms with Crippen LogP contribution in [0.2, 0.25) is 0 Å². The Morgan fingerprint density at radius 1 is 0.950 bits per heavy atom. The summed E-state index contributed by atoms with van der Waals surface area (Å²) < 4.78 is 12.8. The zero-order valence-electron chi connectivity index (χ0n) is 23.3. The molecule has 2 heterocycles. The van der Waals surface area contributed by atoms with E-state index in [4.69, 9.17) is 9.47 Å². The van der Waals surface area contributed by atoms with E-state index >= 15 is 0 Å². The molecule has 0 radical (unpaired) electrons. The average Bonchev–Trinajstić information content (AvgIpc) is 3.42. The lowest BCUT2D eigenvalue weighted by molar-refractivity contribution is 0.159. The van der Waals surface area contributed by atoms with Gasteiger partial charge in [0.05, 0.1) is 32.3 Å². The Bertz CT molecular complexity index is 1640. The number of tetrazole rings is 1. The summed E-state index contributed by atoms with van der Waals surface area (Å²) in [6.07, 6.45) is 0.739. The number of ether oxygens (including phenoxy) is 2. The fraction of sp³-hybridized carbons (Fsp3) is 0.290. The molecule has 1 unspecified atom stereocenters. The highest BCUT2D eigenvalue weighted by atomic mass is 16.5. The molecule has 1 N–H and O–H groups in total. The molecule has 40 heavy (non-hydrogen) atoms. The van der Waals surface area contributed by atoms with E-state index < -0.39 is 0 Å². The highest BCUT2D eigenvalue weighted by Gasteiger charge is 2.27. The van der Waals surface area contributed by atoms with Gasteiger partial charge < -0.3 is 14.5 Å². The third kappa shape index (κ3) is 5.74. The quantitative estimate of drug-likeness (QED) is 0.252. The number of aryl methyl sites for hydroxylation is 1. The predicted octanol–water partition coefficient (Wildman–Crippen LogP) is 5.04. The first-order chi connectivity index (χ1) is 19.5. The van der Waals surface area contributed by atoms with E-state index in [1.54, 1.807) is 14.2 Å². The molecule has 0 aliphatic heterocycles. The maximum absolute atomic E-state index is 13.3. The first kappa shape index (κ1) is 27.1. The number of rotatable bonds is 11. The van der Waals surface area contributed by atoms with E-state index in [1.165, 1.54) is 0 Å². The van der Waals surface area contributed by atoms with Crippen LogP contribution in [-0.2, 0) is 19.6 Å². The van der Waals surface area contributed by atoms with Crippen LogP contribution in [0.15, 0.2) is 77.6 Å². The lowest BCUT2D eigenvalue weighted by atomic mass is 10.1. The van der Waals surface area contributed by atoms with Crippen LogP contribution in [0.25, 0.3) is 10.9 Å². The van der Waals surface area contributed by atoms with Gasteiger partial charge in [0, 0.05) is 24.2 Å². The predicted molar refractivity (Wildman–Crippen MR) is 154 cm³/mol. The van der Waals surface area contributed by atoms with E-state index in [0.717, 1.165) is 51.3 Å². The molecule has 1 atom stereocenters. The third-order valence-electron chi connectivity index (χ3n) is 7.28. The Hall–Kier alpha value is -4.50. The van der Waals surface area contributed by atoms with Crippen LogP contribution in [0.4, 0.5) is 0 Å². The molecule has 9 heteroatoms. The van der Waals surface area contributed by atoms with Gasteiger partial charge in [-0.3, -0.25) is 9.69 Å². The number of benzene rings is 3. The van der Waals surface area contributed by atoms with Crippen LogP contribution in [0.5, 0.6) is 11.5 Å². The highest BCUT2D eigenvalue weighted by molar-refractivity contribution is 5.81. The summed E-state index contributed by atoms with van der Waals surface area (Å²) >= 11 is 0. The molecular weight excluding hydrogens is 504 g/mol. The summed E-state index contributed by atoms with van der Waals surface area (Å²) in [5, 5.41) is 13.8. The number of methoxy groups -OCH3 is 2. The highest BCUT2D eigenvalue weighted by Crippen LogP contribution is 2.29. The molecule has 5 aromatic rings. The summed E-state index contributed by atoms with van der Waals surface area (Å²) in [5.41, 5.74) is 4.56. The summed E-state index contributed by atoms with van der Waals surface area (Å²) in [4.78, 5) is 18.6. The molecule has 9 nitrogen and oxygen atoms in total. The van der Waals surface area contributed by atoms with Gasteiger partial charge in [-0.2, -0.15) is 0 Å². The minimum absolute atomic E-state index is 0.0977. The Morgan fingerprint density at radius 3 is 2.48 bits per heavy atom. The third-order valence-corrected chi connectivity index (χ3v) is 7.28. The molecule has 0 saturated heterocycles. The zero-order valence-corrected chi connectivity index (χ0v) is 23.3. The van der Waals surface area contributed by atoms with Gasteiger partial charge in [-0.15, -0.1) is 5.10 Å². The van der Waals surface area contributed by atoms with E-state index in [0.29, 0.717) is 25.2 Å². The minimum Gasteiger partial charge on any atom is -0.497 e. The second-order valence-electron chi connectivity index (χ2n) is 9.85. The number of fused-ring (bicyclic) bond motifs is 1. The van der Waals surface area contributed by atoms with E-state index in [2.05, 4.69) is 32.3 Å². The monoisotopic (exact) mass is 538 g/mol. The molecule has 0 amide bonds. The van der Waals surface area contributed by atoms with Crippen molar-refractivity contribution in [1.29, 1.82) is 0 Å². The van der Waals surface area contributed by atoms with Gasteiger partial charge in [-0.1, -0.05) is 55.5 Å². The van der Waals surface area contributed by atoms with Crippen molar-refractivity contribution < 1.29 is 9.47 Å². The lowest BCUT2D eigenvalue weighted by Gasteiger charge is -2.30. The summed E-state index contributed by atoms with van der Waals surface area (Å²) in [6, 6.07) is 23.7. The number of para-hydroxylation sites is 2. The van der Waals surface area contributed by atoms with Gasteiger partial charge in [0.1, 0.15) is 11.5 Å². The lowest BCUT2D eigenvalue weighted by Crippen LogP contribution is -2.32. The van der Waals surface area contributed by atoms with E-state index in [9.17, 15) is 4.79 Å². The standard InChI is InChI=1S/C31H34N6O3/c1-5-27(30-33-34-35-37(30)18-22-13-15-26(39-3)16-14-22)36(19-24-10-6-7-12-28(24)40-4)20-25-17-23-11-8-9-21(2)29(23)32-31(25)38/h6-17,27H,5,18-20H2,1-4H3,(H,32,38). The number of pyridine rings is 1. The van der Waals surface area contributed by atoms with Gasteiger partial charge in [0.25, 0.3) is 5.56 Å². The number of aromatic nitrogens is 5. The molecule has 0 aliphatic carbocycles. The van der Waals surface area contributed by atoms with Crippen molar-refractivity contribution in [2.75, 3.05) is 14.2 Å². The van der Waals surface area contributed by atoms with Gasteiger partial charge in [-0.25, -0.2) is 4.68 Å². The van der Waals surface area contributed by atoms with Crippen LogP contribution in [0.1, 0.15) is 47.5 Å². The molecule has 2 aromatic heterocycles. The van der Waals surface area contributed by atoms with Crippen molar-refractivity contribution in [3.63, 3.8) is 0 Å². The summed E-state index contributed by atoms with van der Waals surface area (Å²) in [6.45, 7) is 5.58. The normalized spacial score (nSPS) is 12.1.